The molecule has 3 rings (SSSR count). The van der Waals surface area contributed by atoms with Gasteiger partial charge in [0.1, 0.15) is 5.60 Å². The zero-order chi connectivity index (χ0) is 31.3. The Kier molecular flexibility index (Phi) is 8.62. The minimum Gasteiger partial charge on any atom is -0.460 e. The van der Waals surface area contributed by atoms with Gasteiger partial charge in [0.05, 0.1) is 17.7 Å². The van der Waals surface area contributed by atoms with Gasteiger partial charge in [-0.05, 0) is 95.4 Å². The van der Waals surface area contributed by atoms with Crippen molar-refractivity contribution in [2.24, 2.45) is 5.41 Å². The first kappa shape index (κ1) is 32.7. The summed E-state index contributed by atoms with van der Waals surface area (Å²) in [4.78, 5) is 18.7. The summed E-state index contributed by atoms with van der Waals surface area (Å²) >= 11 is 0. The number of carbonyl (C=O) groups is 1. The molecular formula is C30H43F3N4O3Si. The lowest BCUT2D eigenvalue weighted by atomic mass is 9.71. The molecule has 0 amide bonds. The summed E-state index contributed by atoms with van der Waals surface area (Å²) in [5.41, 5.74) is 1.54. The van der Waals surface area contributed by atoms with Crippen LogP contribution in [-0.4, -0.2) is 39.5 Å². The number of fused-ring (bicyclic) bond motifs is 1. The number of hydrogen-bond donors (Lipinski definition) is 0. The van der Waals surface area contributed by atoms with Crippen molar-refractivity contribution in [2.45, 2.75) is 112 Å². The quantitative estimate of drug-likeness (QED) is 0.206. The normalized spacial score (nSPS) is 14.4. The highest BCUT2D eigenvalue weighted by molar-refractivity contribution is 6.74. The van der Waals surface area contributed by atoms with E-state index in [2.05, 4.69) is 44.1 Å². The van der Waals surface area contributed by atoms with Gasteiger partial charge in [0, 0.05) is 17.8 Å². The van der Waals surface area contributed by atoms with Crippen LogP contribution in [0.15, 0.2) is 24.4 Å². The predicted molar refractivity (Wildman–Crippen MR) is 155 cm³/mol. The van der Waals surface area contributed by atoms with E-state index < -0.39 is 43.2 Å². The number of halogens is 3. The Labute approximate surface area is 242 Å². The number of ether oxygens (including phenoxy) is 1. The van der Waals surface area contributed by atoms with Gasteiger partial charge in [-0.1, -0.05) is 26.8 Å². The van der Waals surface area contributed by atoms with Crippen LogP contribution in [0.5, 0.6) is 0 Å². The molecule has 1 unspecified atom stereocenters. The summed E-state index contributed by atoms with van der Waals surface area (Å²) < 4.78 is 53.9. The summed E-state index contributed by atoms with van der Waals surface area (Å²) in [6.45, 7) is 23.7. The van der Waals surface area contributed by atoms with Gasteiger partial charge in [0.2, 0.25) is 5.82 Å². The van der Waals surface area contributed by atoms with Crippen molar-refractivity contribution < 1.29 is 27.1 Å². The molecule has 226 valence electrons. The van der Waals surface area contributed by atoms with Crippen molar-refractivity contribution in [3.05, 3.63) is 58.3 Å². The molecule has 41 heavy (non-hydrogen) atoms. The van der Waals surface area contributed by atoms with Crippen LogP contribution in [-0.2, 0) is 26.7 Å². The van der Waals surface area contributed by atoms with E-state index in [9.17, 15) is 18.0 Å². The van der Waals surface area contributed by atoms with Gasteiger partial charge in [-0.25, -0.2) is 0 Å². The average molecular weight is 593 g/mol. The molecule has 0 N–H and O–H groups in total. The van der Waals surface area contributed by atoms with Crippen LogP contribution in [0.4, 0.5) is 13.2 Å². The van der Waals surface area contributed by atoms with E-state index >= 15 is 0 Å². The van der Waals surface area contributed by atoms with E-state index in [4.69, 9.17) is 14.1 Å². The molecule has 0 saturated heterocycles. The van der Waals surface area contributed by atoms with Crippen LogP contribution in [0.25, 0.3) is 5.65 Å². The predicted octanol–water partition coefficient (Wildman–Crippen LogP) is 7.78. The van der Waals surface area contributed by atoms with E-state index in [1.165, 1.54) is 6.20 Å². The molecule has 1 atom stereocenters. The molecule has 0 aliphatic carbocycles. The van der Waals surface area contributed by atoms with Gasteiger partial charge in [-0.15, -0.1) is 10.2 Å². The Balaban J connectivity index is 2.21. The maximum atomic E-state index is 13.6. The minimum atomic E-state index is -4.67. The standard InChI is InChI=1S/C30H43F3N4O3Si/c1-18-13-14-21(34-22(18)17-39-41(11,12)28(6,7)8)23(29(9,10)26(38)40-27(3,4)5)20-15-16-37-24(19(20)2)35-36-25(37)30(31,32)33/h13-16,23H,17H2,1-12H3. The molecule has 0 spiro atoms. The zero-order valence-corrected chi connectivity index (χ0v) is 27.2. The molecule has 3 aromatic rings. The molecule has 0 aliphatic heterocycles. The third-order valence-electron chi connectivity index (χ3n) is 7.97. The lowest BCUT2D eigenvalue weighted by molar-refractivity contribution is -0.166. The van der Waals surface area contributed by atoms with E-state index in [-0.39, 0.29) is 10.7 Å². The number of pyridine rings is 2. The van der Waals surface area contributed by atoms with Crippen molar-refractivity contribution in [2.75, 3.05) is 0 Å². The number of esters is 1. The largest absolute Gasteiger partial charge is 0.460 e. The Hall–Kier alpha value is -2.79. The molecule has 0 radical (unpaired) electrons. The fourth-order valence-electron chi connectivity index (χ4n) is 4.41. The maximum absolute atomic E-state index is 13.6. The molecule has 0 fully saturated rings. The molecule has 0 aliphatic rings. The summed E-state index contributed by atoms with van der Waals surface area (Å²) in [5.74, 6) is -2.22. The Morgan fingerprint density at radius 3 is 2.12 bits per heavy atom. The van der Waals surface area contributed by atoms with Gasteiger partial charge in [-0.2, -0.15) is 13.2 Å². The van der Waals surface area contributed by atoms with E-state index in [0.29, 0.717) is 23.4 Å². The van der Waals surface area contributed by atoms with Crippen LogP contribution < -0.4 is 0 Å². The fourth-order valence-corrected chi connectivity index (χ4v) is 5.34. The van der Waals surface area contributed by atoms with Crippen molar-refractivity contribution in [1.82, 2.24) is 19.6 Å². The highest BCUT2D eigenvalue weighted by Crippen LogP contribution is 2.44. The minimum absolute atomic E-state index is 0.0137. The number of nitrogens with zero attached hydrogens (tertiary/aromatic N) is 4. The SMILES string of the molecule is Cc1ccc(C(c2ccn3c(C(F)(F)F)nnc3c2C)C(C)(C)C(=O)OC(C)(C)C)nc1CO[Si](C)(C)C(C)(C)C. The number of hydrogen-bond acceptors (Lipinski definition) is 6. The van der Waals surface area contributed by atoms with Crippen LogP contribution >= 0.6 is 0 Å². The summed E-state index contributed by atoms with van der Waals surface area (Å²) in [6, 6.07) is 5.39. The number of aromatic nitrogens is 4. The van der Waals surface area contributed by atoms with Crippen molar-refractivity contribution >= 4 is 19.9 Å². The Bertz CT molecular complexity index is 1430. The number of carbonyl (C=O) groups excluding carboxylic acids is 1. The van der Waals surface area contributed by atoms with Crippen LogP contribution in [0.1, 0.15) is 95.2 Å². The number of aryl methyl sites for hydroxylation is 2. The highest BCUT2D eigenvalue weighted by Gasteiger charge is 2.44. The van der Waals surface area contributed by atoms with Gasteiger partial charge < -0.3 is 9.16 Å². The Morgan fingerprint density at radius 1 is 0.976 bits per heavy atom. The van der Waals surface area contributed by atoms with Gasteiger partial charge in [0.25, 0.3) is 0 Å². The van der Waals surface area contributed by atoms with E-state index in [1.54, 1.807) is 47.6 Å². The van der Waals surface area contributed by atoms with Crippen LogP contribution in [0.2, 0.25) is 18.1 Å². The highest BCUT2D eigenvalue weighted by atomic mass is 28.4. The first-order valence-corrected chi connectivity index (χ1v) is 16.6. The van der Waals surface area contributed by atoms with Crippen LogP contribution in [0, 0.1) is 19.3 Å². The first-order chi connectivity index (χ1) is 18.5. The first-order valence-electron chi connectivity index (χ1n) is 13.7. The average Bonchev–Trinajstić information content (AvgIpc) is 3.24. The second-order valence-corrected chi connectivity index (χ2v) is 18.6. The zero-order valence-electron chi connectivity index (χ0n) is 26.2. The molecule has 0 aromatic carbocycles. The molecule has 0 bridgehead atoms. The maximum Gasteiger partial charge on any atom is 0.452 e. The summed E-state index contributed by atoms with van der Waals surface area (Å²) in [5, 5.41) is 7.28. The molecular weight excluding hydrogens is 549 g/mol. The van der Waals surface area contributed by atoms with Gasteiger partial charge >= 0.3 is 12.1 Å². The second-order valence-electron chi connectivity index (χ2n) is 13.8. The fraction of sp³-hybridized carbons (Fsp3) is 0.600. The van der Waals surface area contributed by atoms with Crippen molar-refractivity contribution in [3.63, 3.8) is 0 Å². The molecule has 7 nitrogen and oxygen atoms in total. The third kappa shape index (κ3) is 6.82. The van der Waals surface area contributed by atoms with E-state index in [1.807, 2.05) is 19.1 Å². The summed E-state index contributed by atoms with van der Waals surface area (Å²) in [7, 11) is -2.08. The van der Waals surface area contributed by atoms with Crippen molar-refractivity contribution in [3.8, 4) is 0 Å². The lowest BCUT2D eigenvalue weighted by Crippen LogP contribution is -2.40. The third-order valence-corrected chi connectivity index (χ3v) is 12.5. The monoisotopic (exact) mass is 592 g/mol. The molecule has 11 heteroatoms. The van der Waals surface area contributed by atoms with Gasteiger partial charge in [-0.3, -0.25) is 14.2 Å². The second kappa shape index (κ2) is 10.8. The Morgan fingerprint density at radius 2 is 1.59 bits per heavy atom. The van der Waals surface area contributed by atoms with Crippen LogP contribution in [0.3, 0.4) is 0 Å². The number of alkyl halides is 3. The lowest BCUT2D eigenvalue weighted by Gasteiger charge is -2.37. The van der Waals surface area contributed by atoms with Gasteiger partial charge in [0.15, 0.2) is 14.0 Å². The topological polar surface area (TPSA) is 78.6 Å². The molecule has 3 aromatic heterocycles. The summed E-state index contributed by atoms with van der Waals surface area (Å²) in [6.07, 6.45) is -3.37. The molecule has 3 heterocycles. The molecule has 0 saturated carbocycles. The van der Waals surface area contributed by atoms with Crippen molar-refractivity contribution in [1.29, 1.82) is 0 Å². The smallest absolute Gasteiger partial charge is 0.452 e. The number of rotatable bonds is 7. The van der Waals surface area contributed by atoms with E-state index in [0.717, 1.165) is 15.7 Å².